The lowest BCUT2D eigenvalue weighted by atomic mass is 9.87. The standard InChI is InChI=1S/C20H23FN2O2S/c1-3-23(4-2)20(25)18-11-14-10-13(8-9-17(14)26-18)19(24)22-16-7-5-6-15(21)12-16/h5-7,11-13H,3-4,8-10H2,1-2H3,(H,22,24)/t13-/m1/s1. The Morgan fingerprint density at radius 2 is 2.04 bits per heavy atom. The van der Waals surface area contributed by atoms with Crippen LogP contribution < -0.4 is 5.32 Å². The molecular formula is C20H23FN2O2S. The van der Waals surface area contributed by atoms with Crippen molar-refractivity contribution in [3.8, 4) is 0 Å². The van der Waals surface area contributed by atoms with Crippen LogP contribution in [0.4, 0.5) is 10.1 Å². The second-order valence-corrected chi connectivity index (χ2v) is 7.61. The summed E-state index contributed by atoms with van der Waals surface area (Å²) in [5.74, 6) is -0.554. The number of rotatable bonds is 5. The zero-order valence-electron chi connectivity index (χ0n) is 15.0. The Morgan fingerprint density at radius 3 is 2.73 bits per heavy atom. The van der Waals surface area contributed by atoms with Crippen molar-refractivity contribution in [2.45, 2.75) is 33.1 Å². The van der Waals surface area contributed by atoms with Crippen molar-refractivity contribution >= 4 is 28.8 Å². The first-order valence-electron chi connectivity index (χ1n) is 8.99. The molecule has 0 fully saturated rings. The number of thiophene rings is 1. The Morgan fingerprint density at radius 1 is 1.27 bits per heavy atom. The van der Waals surface area contributed by atoms with Crippen LogP contribution in [-0.4, -0.2) is 29.8 Å². The van der Waals surface area contributed by atoms with Crippen molar-refractivity contribution < 1.29 is 14.0 Å². The Balaban J connectivity index is 1.69. The quantitative estimate of drug-likeness (QED) is 0.856. The van der Waals surface area contributed by atoms with Crippen molar-refractivity contribution in [1.29, 1.82) is 0 Å². The highest BCUT2D eigenvalue weighted by Crippen LogP contribution is 2.33. The predicted molar refractivity (Wildman–Crippen MR) is 102 cm³/mol. The van der Waals surface area contributed by atoms with E-state index in [1.807, 2.05) is 24.8 Å². The lowest BCUT2D eigenvalue weighted by molar-refractivity contribution is -0.120. The Kier molecular flexibility index (Phi) is 5.71. The predicted octanol–water partition coefficient (Wildman–Crippen LogP) is 4.11. The average molecular weight is 374 g/mol. The molecule has 1 aliphatic carbocycles. The summed E-state index contributed by atoms with van der Waals surface area (Å²) in [5.41, 5.74) is 1.57. The number of amides is 2. The van der Waals surface area contributed by atoms with Gasteiger partial charge >= 0.3 is 0 Å². The monoisotopic (exact) mass is 374 g/mol. The van der Waals surface area contributed by atoms with Gasteiger partial charge in [0.2, 0.25) is 5.91 Å². The smallest absolute Gasteiger partial charge is 0.263 e. The highest BCUT2D eigenvalue weighted by Gasteiger charge is 2.28. The fraction of sp³-hybridized carbons (Fsp3) is 0.400. The van der Waals surface area contributed by atoms with Crippen molar-refractivity contribution in [3.05, 3.63) is 51.5 Å². The van der Waals surface area contributed by atoms with E-state index >= 15 is 0 Å². The van der Waals surface area contributed by atoms with E-state index in [1.54, 1.807) is 23.5 Å². The highest BCUT2D eigenvalue weighted by atomic mass is 32.1. The van der Waals surface area contributed by atoms with Crippen molar-refractivity contribution in [2.75, 3.05) is 18.4 Å². The lowest BCUT2D eigenvalue weighted by Crippen LogP contribution is -2.29. The number of hydrogen-bond acceptors (Lipinski definition) is 3. The van der Waals surface area contributed by atoms with Gasteiger partial charge in [0, 0.05) is 29.6 Å². The van der Waals surface area contributed by atoms with Crippen LogP contribution in [0, 0.1) is 11.7 Å². The van der Waals surface area contributed by atoms with Gasteiger partial charge in [-0.1, -0.05) is 6.07 Å². The third-order valence-corrected chi connectivity index (χ3v) is 6.03. The molecule has 0 saturated heterocycles. The minimum atomic E-state index is -0.369. The van der Waals surface area contributed by atoms with Crippen LogP contribution in [0.15, 0.2) is 30.3 Å². The molecule has 1 atom stereocenters. The molecule has 0 aliphatic heterocycles. The van der Waals surface area contributed by atoms with Gasteiger partial charge in [0.1, 0.15) is 5.82 Å². The molecule has 0 radical (unpaired) electrons. The van der Waals surface area contributed by atoms with E-state index < -0.39 is 0 Å². The van der Waals surface area contributed by atoms with Crippen LogP contribution in [0.25, 0.3) is 0 Å². The van der Waals surface area contributed by atoms with E-state index in [-0.39, 0.29) is 23.5 Å². The van der Waals surface area contributed by atoms with Gasteiger partial charge in [-0.05, 0) is 62.9 Å². The molecule has 0 unspecified atom stereocenters. The molecule has 1 aliphatic rings. The molecule has 138 valence electrons. The molecular weight excluding hydrogens is 351 g/mol. The second kappa shape index (κ2) is 7.99. The van der Waals surface area contributed by atoms with Crippen LogP contribution in [0.1, 0.15) is 40.4 Å². The van der Waals surface area contributed by atoms with E-state index in [4.69, 9.17) is 0 Å². The summed E-state index contributed by atoms with van der Waals surface area (Å²) >= 11 is 1.55. The van der Waals surface area contributed by atoms with Gasteiger partial charge in [-0.25, -0.2) is 4.39 Å². The van der Waals surface area contributed by atoms with Gasteiger partial charge in [0.15, 0.2) is 0 Å². The summed E-state index contributed by atoms with van der Waals surface area (Å²) in [5, 5.41) is 2.80. The lowest BCUT2D eigenvalue weighted by Gasteiger charge is -2.21. The van der Waals surface area contributed by atoms with Crippen molar-refractivity contribution in [2.24, 2.45) is 5.92 Å². The maximum absolute atomic E-state index is 13.3. The molecule has 2 amide bonds. The van der Waals surface area contributed by atoms with Gasteiger partial charge in [0.25, 0.3) is 5.91 Å². The van der Waals surface area contributed by atoms with Crippen LogP contribution >= 0.6 is 11.3 Å². The first-order chi connectivity index (χ1) is 12.5. The highest BCUT2D eigenvalue weighted by molar-refractivity contribution is 7.14. The Labute approximate surface area is 157 Å². The molecule has 26 heavy (non-hydrogen) atoms. The summed E-state index contributed by atoms with van der Waals surface area (Å²) in [4.78, 5) is 28.8. The number of benzene rings is 1. The first kappa shape index (κ1) is 18.6. The van der Waals surface area contributed by atoms with E-state index in [2.05, 4.69) is 5.32 Å². The third kappa shape index (κ3) is 3.96. The minimum absolute atomic E-state index is 0.0650. The SMILES string of the molecule is CCN(CC)C(=O)c1cc2c(s1)CC[C@@H](C(=O)Nc1cccc(F)c1)C2. The summed E-state index contributed by atoms with van der Waals surface area (Å²) in [6.45, 7) is 5.33. The topological polar surface area (TPSA) is 49.4 Å². The molecule has 0 bridgehead atoms. The first-order valence-corrected chi connectivity index (χ1v) is 9.80. The zero-order chi connectivity index (χ0) is 18.7. The number of nitrogens with zero attached hydrogens (tertiary/aromatic N) is 1. The summed E-state index contributed by atoms with van der Waals surface area (Å²) in [6.07, 6.45) is 2.17. The number of carbonyl (C=O) groups excluding carboxylic acids is 2. The second-order valence-electron chi connectivity index (χ2n) is 6.48. The number of hydrogen-bond donors (Lipinski definition) is 1. The van der Waals surface area contributed by atoms with Gasteiger partial charge < -0.3 is 10.2 Å². The molecule has 0 saturated carbocycles. The van der Waals surface area contributed by atoms with E-state index in [9.17, 15) is 14.0 Å². The van der Waals surface area contributed by atoms with Crippen LogP contribution in [0.5, 0.6) is 0 Å². The summed E-state index contributed by atoms with van der Waals surface area (Å²) in [7, 11) is 0. The molecule has 1 N–H and O–H groups in total. The maximum Gasteiger partial charge on any atom is 0.263 e. The van der Waals surface area contributed by atoms with Crippen LogP contribution in [0.3, 0.4) is 0 Å². The van der Waals surface area contributed by atoms with E-state index in [1.165, 1.54) is 17.0 Å². The van der Waals surface area contributed by atoms with Gasteiger partial charge in [-0.15, -0.1) is 11.3 Å². The average Bonchev–Trinajstić information content (AvgIpc) is 3.06. The minimum Gasteiger partial charge on any atom is -0.339 e. The van der Waals surface area contributed by atoms with Crippen molar-refractivity contribution in [1.82, 2.24) is 4.90 Å². The zero-order valence-corrected chi connectivity index (χ0v) is 15.9. The number of fused-ring (bicyclic) bond motifs is 1. The fourth-order valence-corrected chi connectivity index (χ4v) is 4.51. The summed E-state index contributed by atoms with van der Waals surface area (Å²) in [6, 6.07) is 7.87. The Bertz CT molecular complexity index is 814. The molecule has 2 aromatic rings. The molecule has 0 spiro atoms. The molecule has 4 nitrogen and oxygen atoms in total. The molecule has 6 heteroatoms. The van der Waals surface area contributed by atoms with E-state index in [0.717, 1.165) is 23.3 Å². The number of aryl methyl sites for hydroxylation is 1. The fourth-order valence-electron chi connectivity index (χ4n) is 3.33. The Hall–Kier alpha value is -2.21. The molecule has 1 heterocycles. The van der Waals surface area contributed by atoms with E-state index in [0.29, 0.717) is 25.2 Å². The largest absolute Gasteiger partial charge is 0.339 e. The molecule has 1 aromatic carbocycles. The maximum atomic E-state index is 13.3. The van der Waals surface area contributed by atoms with Gasteiger partial charge in [0.05, 0.1) is 4.88 Å². The number of halogens is 1. The van der Waals surface area contributed by atoms with Gasteiger partial charge in [-0.2, -0.15) is 0 Å². The van der Waals surface area contributed by atoms with Gasteiger partial charge in [-0.3, -0.25) is 9.59 Å². The molecule has 3 rings (SSSR count). The number of carbonyl (C=O) groups is 2. The van der Waals surface area contributed by atoms with Crippen LogP contribution in [0.2, 0.25) is 0 Å². The van der Waals surface area contributed by atoms with Crippen LogP contribution in [-0.2, 0) is 17.6 Å². The third-order valence-electron chi connectivity index (χ3n) is 4.81. The normalized spacial score (nSPS) is 16.0. The number of nitrogens with one attached hydrogen (secondary N) is 1. The molecule has 1 aromatic heterocycles. The summed E-state index contributed by atoms with van der Waals surface area (Å²) < 4.78 is 13.3. The van der Waals surface area contributed by atoms with Crippen molar-refractivity contribution in [3.63, 3.8) is 0 Å². The number of anilines is 1.